The zero-order chi connectivity index (χ0) is 19.7. The van der Waals surface area contributed by atoms with Crippen molar-refractivity contribution in [3.05, 3.63) is 61.9 Å². The Kier molecular flexibility index (Phi) is 5.69. The largest absolute Gasteiger partial charge is 0.468 e. The molecule has 0 aliphatic heterocycles. The predicted octanol–water partition coefficient (Wildman–Crippen LogP) is 4.54. The molecule has 3 aromatic rings. The molecule has 8 heteroatoms. The van der Waals surface area contributed by atoms with Crippen molar-refractivity contribution >= 4 is 56.6 Å². The molecule has 0 saturated heterocycles. The van der Waals surface area contributed by atoms with Crippen LogP contribution in [0.1, 0.15) is 21.5 Å². The van der Waals surface area contributed by atoms with Crippen LogP contribution in [0.2, 0.25) is 10.0 Å². The Morgan fingerprint density at radius 3 is 2.63 bits per heavy atom. The summed E-state index contributed by atoms with van der Waals surface area (Å²) >= 11 is 13.7. The number of nitrogens with zero attached hydrogens (tertiary/aromatic N) is 2. The molecule has 1 amide bonds. The van der Waals surface area contributed by atoms with Gasteiger partial charge in [-0.1, -0.05) is 52.2 Å². The van der Waals surface area contributed by atoms with Gasteiger partial charge in [-0.2, -0.15) is 4.99 Å². The third kappa shape index (κ3) is 3.93. The van der Waals surface area contributed by atoms with Gasteiger partial charge in [0, 0.05) is 5.56 Å². The van der Waals surface area contributed by atoms with E-state index < -0.39 is 5.97 Å². The molecule has 2 aromatic carbocycles. The molecule has 1 aromatic heterocycles. The maximum atomic E-state index is 12.8. The van der Waals surface area contributed by atoms with E-state index in [0.717, 1.165) is 15.8 Å². The second kappa shape index (κ2) is 7.84. The molecule has 0 atom stereocenters. The molecule has 5 nitrogen and oxygen atoms in total. The standard InChI is InChI=1S/C19H16Cl2N2O3S/c1-10-4-5-11(2)12(8-10)18(25)22-19-23(9-15(24)26-3)17-14(27-19)7-6-13(20)16(17)21/h4-8H,9H2,1-3H3. The molecule has 0 N–H and O–H groups in total. The number of fused-ring (bicyclic) bond motifs is 1. The average molecular weight is 423 g/mol. The first kappa shape index (κ1) is 19.6. The number of aryl methyl sites for hydroxylation is 2. The molecule has 3 rings (SSSR count). The van der Waals surface area contributed by atoms with Crippen LogP contribution < -0.4 is 4.80 Å². The van der Waals surface area contributed by atoms with Crippen LogP contribution in [0.5, 0.6) is 0 Å². The van der Waals surface area contributed by atoms with Gasteiger partial charge in [-0.3, -0.25) is 9.59 Å². The number of carbonyl (C=O) groups is 2. The van der Waals surface area contributed by atoms with Gasteiger partial charge in [0.2, 0.25) is 0 Å². The minimum absolute atomic E-state index is 0.129. The second-order valence-corrected chi connectivity index (χ2v) is 7.78. The van der Waals surface area contributed by atoms with Crippen LogP contribution in [-0.4, -0.2) is 23.6 Å². The van der Waals surface area contributed by atoms with E-state index in [-0.39, 0.29) is 12.5 Å². The van der Waals surface area contributed by atoms with Crippen molar-refractivity contribution < 1.29 is 14.3 Å². The van der Waals surface area contributed by atoms with Crippen LogP contribution in [0.25, 0.3) is 10.2 Å². The van der Waals surface area contributed by atoms with Gasteiger partial charge < -0.3 is 9.30 Å². The van der Waals surface area contributed by atoms with E-state index in [1.54, 1.807) is 22.8 Å². The van der Waals surface area contributed by atoms with Gasteiger partial charge >= 0.3 is 5.97 Å². The highest BCUT2D eigenvalue weighted by Gasteiger charge is 2.17. The number of esters is 1. The SMILES string of the molecule is COC(=O)Cn1c(=NC(=O)c2cc(C)ccc2C)sc2ccc(Cl)c(Cl)c21. The summed E-state index contributed by atoms with van der Waals surface area (Å²) in [5.41, 5.74) is 2.86. The second-order valence-electron chi connectivity index (χ2n) is 5.99. The number of halogens is 2. The number of ether oxygens (including phenoxy) is 1. The van der Waals surface area contributed by atoms with Crippen molar-refractivity contribution in [2.45, 2.75) is 20.4 Å². The summed E-state index contributed by atoms with van der Waals surface area (Å²) in [5.74, 6) is -0.866. The van der Waals surface area contributed by atoms with Crippen LogP contribution in [0.15, 0.2) is 35.3 Å². The molecule has 0 spiro atoms. The van der Waals surface area contributed by atoms with E-state index in [4.69, 9.17) is 27.9 Å². The number of hydrogen-bond acceptors (Lipinski definition) is 4. The summed E-state index contributed by atoms with van der Waals surface area (Å²) in [6.07, 6.45) is 0. The third-order valence-corrected chi connectivity index (χ3v) is 5.91. The summed E-state index contributed by atoms with van der Waals surface area (Å²) in [6.45, 7) is 3.64. The van der Waals surface area contributed by atoms with Gasteiger partial charge in [0.25, 0.3) is 5.91 Å². The van der Waals surface area contributed by atoms with E-state index >= 15 is 0 Å². The fourth-order valence-electron chi connectivity index (χ4n) is 2.64. The summed E-state index contributed by atoms with van der Waals surface area (Å²) in [7, 11) is 1.30. The highest BCUT2D eigenvalue weighted by atomic mass is 35.5. The molecule has 0 fully saturated rings. The lowest BCUT2D eigenvalue weighted by atomic mass is 10.1. The molecule has 0 bridgehead atoms. The Morgan fingerprint density at radius 1 is 1.19 bits per heavy atom. The van der Waals surface area contributed by atoms with Gasteiger partial charge in [-0.25, -0.2) is 0 Å². The number of hydrogen-bond donors (Lipinski definition) is 0. The molecular weight excluding hydrogens is 407 g/mol. The number of aromatic nitrogens is 1. The summed E-state index contributed by atoms with van der Waals surface area (Å²) in [4.78, 5) is 29.3. The zero-order valence-electron chi connectivity index (χ0n) is 14.9. The fourth-order valence-corrected chi connectivity index (χ4v) is 4.15. The maximum absolute atomic E-state index is 12.8. The molecule has 0 unspecified atom stereocenters. The van der Waals surface area contributed by atoms with Crippen molar-refractivity contribution in [1.29, 1.82) is 0 Å². The Morgan fingerprint density at radius 2 is 1.93 bits per heavy atom. The topological polar surface area (TPSA) is 60.7 Å². The van der Waals surface area contributed by atoms with Crippen LogP contribution >= 0.6 is 34.5 Å². The summed E-state index contributed by atoms with van der Waals surface area (Å²) < 4.78 is 7.09. The number of benzene rings is 2. The molecule has 27 heavy (non-hydrogen) atoms. The average Bonchev–Trinajstić information content (AvgIpc) is 2.97. The Hall–Kier alpha value is -2.15. The van der Waals surface area contributed by atoms with Crippen molar-refractivity contribution in [1.82, 2.24) is 4.57 Å². The lowest BCUT2D eigenvalue weighted by Gasteiger charge is -2.06. The van der Waals surface area contributed by atoms with Gasteiger partial charge in [0.1, 0.15) is 6.54 Å². The first-order chi connectivity index (χ1) is 12.8. The first-order valence-electron chi connectivity index (χ1n) is 8.02. The van der Waals surface area contributed by atoms with Crippen LogP contribution in [0, 0.1) is 13.8 Å². The lowest BCUT2D eigenvalue weighted by Crippen LogP contribution is -2.22. The molecule has 0 saturated carbocycles. The van der Waals surface area contributed by atoms with E-state index in [2.05, 4.69) is 4.99 Å². The van der Waals surface area contributed by atoms with Crippen LogP contribution in [0.4, 0.5) is 0 Å². The lowest BCUT2D eigenvalue weighted by molar-refractivity contribution is -0.141. The highest BCUT2D eigenvalue weighted by molar-refractivity contribution is 7.16. The van der Waals surface area contributed by atoms with E-state index in [0.29, 0.717) is 25.9 Å². The van der Waals surface area contributed by atoms with Crippen LogP contribution in [-0.2, 0) is 16.1 Å². The summed E-state index contributed by atoms with van der Waals surface area (Å²) in [6, 6.07) is 9.06. The van der Waals surface area contributed by atoms with Gasteiger partial charge in [0.05, 0.1) is 27.4 Å². The number of thiazole rings is 1. The quantitative estimate of drug-likeness (QED) is 0.581. The van der Waals surface area contributed by atoms with Crippen molar-refractivity contribution in [2.75, 3.05) is 7.11 Å². The minimum Gasteiger partial charge on any atom is -0.468 e. The molecule has 1 heterocycles. The van der Waals surface area contributed by atoms with Crippen LogP contribution in [0.3, 0.4) is 0 Å². The highest BCUT2D eigenvalue weighted by Crippen LogP contribution is 2.32. The van der Waals surface area contributed by atoms with Gasteiger partial charge in [0.15, 0.2) is 4.80 Å². The smallest absolute Gasteiger partial charge is 0.325 e. The van der Waals surface area contributed by atoms with E-state index in [9.17, 15) is 9.59 Å². The molecule has 0 radical (unpaired) electrons. The number of methoxy groups -OCH3 is 1. The monoisotopic (exact) mass is 422 g/mol. The minimum atomic E-state index is -0.480. The van der Waals surface area contributed by atoms with Crippen molar-refractivity contribution in [3.8, 4) is 0 Å². The fraction of sp³-hybridized carbons (Fsp3) is 0.211. The Balaban J connectivity index is 2.23. The Labute approximate surface area is 169 Å². The normalized spacial score (nSPS) is 11.8. The zero-order valence-corrected chi connectivity index (χ0v) is 17.2. The summed E-state index contributed by atoms with van der Waals surface area (Å²) in [5, 5.41) is 0.656. The van der Waals surface area contributed by atoms with Gasteiger partial charge in [-0.15, -0.1) is 0 Å². The predicted molar refractivity (Wildman–Crippen MR) is 108 cm³/mol. The molecule has 0 aliphatic carbocycles. The van der Waals surface area contributed by atoms with Crippen molar-refractivity contribution in [3.63, 3.8) is 0 Å². The van der Waals surface area contributed by atoms with E-state index in [1.807, 2.05) is 26.0 Å². The Bertz CT molecular complexity index is 1130. The molecule has 140 valence electrons. The number of amides is 1. The maximum Gasteiger partial charge on any atom is 0.325 e. The molecule has 0 aliphatic rings. The molecular formula is C19H16Cl2N2O3S. The third-order valence-electron chi connectivity index (χ3n) is 4.07. The number of carbonyl (C=O) groups excluding carboxylic acids is 2. The van der Waals surface area contributed by atoms with Gasteiger partial charge in [-0.05, 0) is 37.6 Å². The number of rotatable bonds is 3. The first-order valence-corrected chi connectivity index (χ1v) is 9.59. The van der Waals surface area contributed by atoms with Crippen molar-refractivity contribution in [2.24, 2.45) is 4.99 Å². The van der Waals surface area contributed by atoms with E-state index in [1.165, 1.54) is 18.4 Å².